The quantitative estimate of drug-likeness (QED) is 0.859. The molecule has 0 atom stereocenters. The maximum atomic E-state index is 11.7. The molecular formula is C10H7N3O3S. The van der Waals surface area contributed by atoms with Gasteiger partial charge < -0.3 is 10.4 Å². The van der Waals surface area contributed by atoms with Gasteiger partial charge in [0.2, 0.25) is 5.69 Å². The second-order valence-electron chi connectivity index (χ2n) is 3.08. The van der Waals surface area contributed by atoms with Crippen LogP contribution >= 0.6 is 11.5 Å². The Labute approximate surface area is 100 Å². The van der Waals surface area contributed by atoms with Gasteiger partial charge in [0.05, 0.1) is 0 Å². The number of carbonyl (C=O) groups is 2. The fourth-order valence-electron chi connectivity index (χ4n) is 1.18. The summed E-state index contributed by atoms with van der Waals surface area (Å²) in [5, 5.41) is 14.8. The number of aromatic nitrogens is 2. The van der Waals surface area contributed by atoms with Crippen LogP contribution in [0, 0.1) is 0 Å². The first kappa shape index (κ1) is 11.2. The summed E-state index contributed by atoms with van der Waals surface area (Å²) in [7, 11) is 0. The molecule has 0 bridgehead atoms. The zero-order valence-electron chi connectivity index (χ0n) is 8.45. The zero-order valence-corrected chi connectivity index (χ0v) is 9.27. The van der Waals surface area contributed by atoms with Crippen molar-refractivity contribution < 1.29 is 14.7 Å². The monoisotopic (exact) mass is 249 g/mol. The minimum atomic E-state index is -1.22. The van der Waals surface area contributed by atoms with Crippen LogP contribution in [0.5, 0.6) is 0 Å². The highest BCUT2D eigenvalue weighted by molar-refractivity contribution is 7.10. The number of carbonyl (C=O) groups excluding carboxylic acids is 1. The molecule has 1 heterocycles. The van der Waals surface area contributed by atoms with Gasteiger partial charge in [0.15, 0.2) is 5.00 Å². The van der Waals surface area contributed by atoms with Gasteiger partial charge in [-0.25, -0.2) is 4.79 Å². The SMILES string of the molecule is O=C(Nc1snnc1C(=O)O)c1ccccc1. The Bertz CT molecular complexity index is 553. The van der Waals surface area contributed by atoms with E-state index in [2.05, 4.69) is 14.9 Å². The van der Waals surface area contributed by atoms with Crippen LogP contribution in [0.2, 0.25) is 0 Å². The van der Waals surface area contributed by atoms with Gasteiger partial charge in [0.25, 0.3) is 5.91 Å². The summed E-state index contributed by atoms with van der Waals surface area (Å²) in [5.74, 6) is -1.61. The lowest BCUT2D eigenvalue weighted by atomic mass is 10.2. The van der Waals surface area contributed by atoms with Gasteiger partial charge in [-0.05, 0) is 12.1 Å². The maximum Gasteiger partial charge on any atom is 0.359 e. The highest BCUT2D eigenvalue weighted by Crippen LogP contribution is 2.18. The Morgan fingerprint density at radius 1 is 1.24 bits per heavy atom. The molecule has 0 saturated carbocycles. The summed E-state index contributed by atoms with van der Waals surface area (Å²) < 4.78 is 3.49. The third-order valence-electron chi connectivity index (χ3n) is 1.95. The lowest BCUT2D eigenvalue weighted by Crippen LogP contribution is -2.13. The molecule has 0 spiro atoms. The maximum absolute atomic E-state index is 11.7. The summed E-state index contributed by atoms with van der Waals surface area (Å²) in [6, 6.07) is 8.48. The highest BCUT2D eigenvalue weighted by atomic mass is 32.1. The molecule has 2 N–H and O–H groups in total. The topological polar surface area (TPSA) is 92.2 Å². The molecule has 1 aromatic heterocycles. The van der Waals surface area contributed by atoms with E-state index in [1.807, 2.05) is 0 Å². The van der Waals surface area contributed by atoms with Crippen molar-refractivity contribution in [3.63, 3.8) is 0 Å². The molecule has 0 saturated heterocycles. The third kappa shape index (κ3) is 2.45. The molecule has 0 radical (unpaired) electrons. The Hall–Kier alpha value is -2.28. The first-order valence-corrected chi connectivity index (χ1v) is 5.38. The number of carboxylic acid groups (broad SMARTS) is 1. The number of hydrogen-bond acceptors (Lipinski definition) is 5. The molecule has 2 rings (SSSR count). The van der Waals surface area contributed by atoms with Gasteiger partial charge in [-0.3, -0.25) is 4.79 Å². The van der Waals surface area contributed by atoms with E-state index in [-0.39, 0.29) is 16.6 Å². The van der Waals surface area contributed by atoms with E-state index in [9.17, 15) is 9.59 Å². The third-order valence-corrected chi connectivity index (χ3v) is 2.59. The van der Waals surface area contributed by atoms with E-state index in [1.54, 1.807) is 30.3 Å². The van der Waals surface area contributed by atoms with Crippen molar-refractivity contribution in [3.8, 4) is 0 Å². The fraction of sp³-hybridized carbons (Fsp3) is 0. The molecule has 0 aliphatic rings. The van der Waals surface area contributed by atoms with Crippen LogP contribution in [-0.2, 0) is 0 Å². The van der Waals surface area contributed by atoms with Crippen molar-refractivity contribution in [3.05, 3.63) is 41.6 Å². The van der Waals surface area contributed by atoms with Crippen molar-refractivity contribution in [2.24, 2.45) is 0 Å². The normalized spacial score (nSPS) is 9.88. The Kier molecular flexibility index (Phi) is 3.10. The van der Waals surface area contributed by atoms with Crippen LogP contribution in [0.3, 0.4) is 0 Å². The van der Waals surface area contributed by atoms with Crippen molar-refractivity contribution in [2.45, 2.75) is 0 Å². The molecule has 6 nitrogen and oxygen atoms in total. The summed E-state index contributed by atoms with van der Waals surface area (Å²) in [6.45, 7) is 0. The molecule has 0 aliphatic heterocycles. The number of rotatable bonds is 3. The summed E-state index contributed by atoms with van der Waals surface area (Å²) in [5.41, 5.74) is 0.191. The molecule has 0 fully saturated rings. The highest BCUT2D eigenvalue weighted by Gasteiger charge is 2.17. The lowest BCUT2D eigenvalue weighted by Gasteiger charge is -2.01. The lowest BCUT2D eigenvalue weighted by molar-refractivity contribution is 0.0691. The Balaban J connectivity index is 2.19. The second kappa shape index (κ2) is 4.71. The van der Waals surface area contributed by atoms with Crippen molar-refractivity contribution in [2.75, 3.05) is 5.32 Å². The van der Waals surface area contributed by atoms with Crippen LogP contribution in [0.1, 0.15) is 20.8 Å². The summed E-state index contributed by atoms with van der Waals surface area (Å²) >= 11 is 0.827. The number of anilines is 1. The van der Waals surface area contributed by atoms with Crippen molar-refractivity contribution in [1.29, 1.82) is 0 Å². The van der Waals surface area contributed by atoms with E-state index in [0.717, 1.165) is 11.5 Å². The Morgan fingerprint density at radius 3 is 2.59 bits per heavy atom. The van der Waals surface area contributed by atoms with Crippen LogP contribution in [0.15, 0.2) is 30.3 Å². The predicted octanol–water partition coefficient (Wildman–Crippen LogP) is 1.49. The number of amides is 1. The molecule has 2 aromatic rings. The number of carboxylic acids is 1. The van der Waals surface area contributed by atoms with Gasteiger partial charge in [-0.1, -0.05) is 22.7 Å². The van der Waals surface area contributed by atoms with Crippen molar-refractivity contribution >= 4 is 28.4 Å². The minimum Gasteiger partial charge on any atom is -0.476 e. The molecule has 0 unspecified atom stereocenters. The predicted molar refractivity (Wildman–Crippen MR) is 61.3 cm³/mol. The minimum absolute atomic E-state index is 0.131. The molecule has 86 valence electrons. The number of nitrogens with one attached hydrogen (secondary N) is 1. The fourth-order valence-corrected chi connectivity index (χ4v) is 1.73. The summed E-state index contributed by atoms with van der Waals surface area (Å²) in [6.07, 6.45) is 0. The molecule has 1 aromatic carbocycles. The molecular weight excluding hydrogens is 242 g/mol. The van der Waals surface area contributed by atoms with Gasteiger partial charge in [0.1, 0.15) is 0 Å². The van der Waals surface area contributed by atoms with Crippen LogP contribution in [0.4, 0.5) is 5.00 Å². The zero-order chi connectivity index (χ0) is 12.3. The molecule has 0 aliphatic carbocycles. The Morgan fingerprint density at radius 2 is 1.94 bits per heavy atom. The van der Waals surface area contributed by atoms with Gasteiger partial charge >= 0.3 is 5.97 Å². The number of hydrogen-bond donors (Lipinski definition) is 2. The van der Waals surface area contributed by atoms with E-state index in [0.29, 0.717) is 5.56 Å². The largest absolute Gasteiger partial charge is 0.476 e. The average Bonchev–Trinajstić information content (AvgIpc) is 2.78. The van der Waals surface area contributed by atoms with Crippen LogP contribution in [-0.4, -0.2) is 26.6 Å². The average molecular weight is 249 g/mol. The van der Waals surface area contributed by atoms with Crippen molar-refractivity contribution in [1.82, 2.24) is 9.59 Å². The molecule has 1 amide bonds. The standard InChI is InChI=1S/C10H7N3O3S/c14-8(6-4-2-1-3-5-6)11-9-7(10(15)16)12-13-17-9/h1-5H,(H,11,14)(H,15,16). The first-order valence-electron chi connectivity index (χ1n) is 4.60. The first-order chi connectivity index (χ1) is 8.18. The van der Waals surface area contributed by atoms with Gasteiger partial charge in [0, 0.05) is 17.1 Å². The van der Waals surface area contributed by atoms with Crippen LogP contribution in [0.25, 0.3) is 0 Å². The second-order valence-corrected chi connectivity index (χ2v) is 3.83. The molecule has 17 heavy (non-hydrogen) atoms. The van der Waals surface area contributed by atoms with E-state index in [4.69, 9.17) is 5.11 Å². The number of aromatic carboxylic acids is 1. The van der Waals surface area contributed by atoms with E-state index < -0.39 is 5.97 Å². The van der Waals surface area contributed by atoms with E-state index >= 15 is 0 Å². The van der Waals surface area contributed by atoms with Gasteiger partial charge in [-0.15, -0.1) is 5.10 Å². The van der Waals surface area contributed by atoms with E-state index in [1.165, 1.54) is 0 Å². The molecule has 7 heteroatoms. The van der Waals surface area contributed by atoms with Crippen LogP contribution < -0.4 is 5.32 Å². The van der Waals surface area contributed by atoms with Gasteiger partial charge in [-0.2, -0.15) is 0 Å². The number of nitrogens with zero attached hydrogens (tertiary/aromatic N) is 2. The summed E-state index contributed by atoms with van der Waals surface area (Å²) in [4.78, 5) is 22.5. The smallest absolute Gasteiger partial charge is 0.359 e. The number of benzene rings is 1.